The zero-order valence-electron chi connectivity index (χ0n) is 11.6. The summed E-state index contributed by atoms with van der Waals surface area (Å²) in [7, 11) is 0. The monoisotopic (exact) mass is 285 g/mol. The van der Waals surface area contributed by atoms with Crippen LogP contribution in [0.4, 0.5) is 13.2 Å². The lowest BCUT2D eigenvalue weighted by Gasteiger charge is -2.22. The molecule has 0 bridgehead atoms. The van der Waals surface area contributed by atoms with Crippen molar-refractivity contribution in [1.29, 1.82) is 0 Å². The molecule has 2 rings (SSSR count). The second-order valence-electron chi connectivity index (χ2n) is 4.72. The highest BCUT2D eigenvalue weighted by Gasteiger charge is 2.43. The number of benzene rings is 1. The summed E-state index contributed by atoms with van der Waals surface area (Å²) in [5.74, 6) is 0.400. The molecule has 0 aliphatic carbocycles. The fraction of sp³-hybridized carbons (Fsp3) is 0.467. The molecule has 0 aliphatic heterocycles. The minimum Gasteiger partial charge on any atom is -0.461 e. The van der Waals surface area contributed by atoms with Crippen LogP contribution in [0.25, 0.3) is 11.0 Å². The maximum atomic E-state index is 13.3. The number of para-hydroxylation sites is 1. The molecule has 5 heteroatoms. The fourth-order valence-corrected chi connectivity index (χ4v) is 2.37. The van der Waals surface area contributed by atoms with Crippen LogP contribution < -0.4 is 5.32 Å². The minimum atomic E-state index is -4.34. The van der Waals surface area contributed by atoms with Crippen LogP contribution in [-0.4, -0.2) is 12.7 Å². The Balaban J connectivity index is 2.56. The third kappa shape index (κ3) is 2.82. The predicted molar refractivity (Wildman–Crippen MR) is 72.7 cm³/mol. The first kappa shape index (κ1) is 14.9. The first-order valence-corrected chi connectivity index (χ1v) is 6.79. The number of nitrogens with one attached hydrogen (secondary N) is 1. The number of aryl methyl sites for hydroxylation is 1. The van der Waals surface area contributed by atoms with Crippen LogP contribution in [0.5, 0.6) is 0 Å². The third-order valence-electron chi connectivity index (χ3n) is 3.25. The molecule has 0 radical (unpaired) electrons. The molecule has 0 spiro atoms. The van der Waals surface area contributed by atoms with E-state index in [0.29, 0.717) is 36.1 Å². The molecule has 0 saturated heterocycles. The van der Waals surface area contributed by atoms with E-state index >= 15 is 0 Å². The summed E-state index contributed by atoms with van der Waals surface area (Å²) in [4.78, 5) is 0. The van der Waals surface area contributed by atoms with Gasteiger partial charge < -0.3 is 9.73 Å². The van der Waals surface area contributed by atoms with Gasteiger partial charge in [0, 0.05) is 17.4 Å². The van der Waals surface area contributed by atoms with E-state index in [9.17, 15) is 13.2 Å². The Morgan fingerprint density at radius 1 is 1.20 bits per heavy atom. The van der Waals surface area contributed by atoms with E-state index in [0.717, 1.165) is 0 Å². The average Bonchev–Trinajstić information content (AvgIpc) is 2.76. The van der Waals surface area contributed by atoms with Crippen molar-refractivity contribution in [1.82, 2.24) is 5.32 Å². The minimum absolute atomic E-state index is 0.226. The molecule has 2 aromatic rings. The van der Waals surface area contributed by atoms with E-state index in [1.54, 1.807) is 31.2 Å². The quantitative estimate of drug-likeness (QED) is 0.868. The van der Waals surface area contributed by atoms with Crippen LogP contribution in [-0.2, 0) is 6.42 Å². The van der Waals surface area contributed by atoms with Crippen molar-refractivity contribution < 1.29 is 17.6 Å². The van der Waals surface area contributed by atoms with Gasteiger partial charge in [-0.2, -0.15) is 13.2 Å². The topological polar surface area (TPSA) is 25.2 Å². The molecule has 0 saturated carbocycles. The largest absolute Gasteiger partial charge is 0.461 e. The first-order valence-electron chi connectivity index (χ1n) is 6.79. The summed E-state index contributed by atoms with van der Waals surface area (Å²) in [5.41, 5.74) is 0.732. The van der Waals surface area contributed by atoms with Gasteiger partial charge in [0.15, 0.2) is 0 Å². The standard InChI is InChI=1S/C15H18F3NO/c1-3-9-19-14(15(16,17)18)13-10-7-5-6-8-12(10)20-11(13)4-2/h5-8,14,19H,3-4,9H2,1-2H3. The number of fused-ring (bicyclic) bond motifs is 1. The van der Waals surface area contributed by atoms with Gasteiger partial charge in [0.1, 0.15) is 17.4 Å². The molecule has 1 heterocycles. The normalized spacial score (nSPS) is 13.8. The molecule has 0 amide bonds. The van der Waals surface area contributed by atoms with E-state index < -0.39 is 12.2 Å². The van der Waals surface area contributed by atoms with Gasteiger partial charge in [0.2, 0.25) is 0 Å². The van der Waals surface area contributed by atoms with Crippen molar-refractivity contribution in [3.63, 3.8) is 0 Å². The summed E-state index contributed by atoms with van der Waals surface area (Å²) >= 11 is 0. The molecule has 2 nitrogen and oxygen atoms in total. The maximum absolute atomic E-state index is 13.3. The smallest absolute Gasteiger partial charge is 0.408 e. The van der Waals surface area contributed by atoms with Crippen molar-refractivity contribution >= 4 is 11.0 Å². The Labute approximate surface area is 116 Å². The van der Waals surface area contributed by atoms with Crippen molar-refractivity contribution in [3.05, 3.63) is 35.6 Å². The van der Waals surface area contributed by atoms with E-state index in [1.807, 2.05) is 6.92 Å². The molecule has 0 aliphatic rings. The number of hydrogen-bond donors (Lipinski definition) is 1. The summed E-state index contributed by atoms with van der Waals surface area (Å²) in [5, 5.41) is 3.13. The predicted octanol–water partition coefficient (Wildman–Crippen LogP) is 4.60. The van der Waals surface area contributed by atoms with Crippen LogP contribution in [0.3, 0.4) is 0 Å². The highest BCUT2D eigenvalue weighted by Crippen LogP contribution is 2.39. The zero-order chi connectivity index (χ0) is 14.8. The summed E-state index contributed by atoms with van der Waals surface area (Å²) in [6, 6.07) is 5.19. The molecular weight excluding hydrogens is 267 g/mol. The first-order chi connectivity index (χ1) is 9.49. The van der Waals surface area contributed by atoms with Gasteiger partial charge in [-0.1, -0.05) is 32.0 Å². The number of alkyl halides is 3. The Hall–Kier alpha value is -1.49. The Morgan fingerprint density at radius 3 is 2.50 bits per heavy atom. The van der Waals surface area contributed by atoms with E-state index in [1.165, 1.54) is 0 Å². The lowest BCUT2D eigenvalue weighted by atomic mass is 10.0. The molecule has 1 unspecified atom stereocenters. The highest BCUT2D eigenvalue weighted by molar-refractivity contribution is 5.83. The van der Waals surface area contributed by atoms with Crippen LogP contribution in [0.15, 0.2) is 28.7 Å². The van der Waals surface area contributed by atoms with E-state index in [2.05, 4.69) is 5.32 Å². The number of rotatable bonds is 5. The molecule has 1 N–H and O–H groups in total. The summed E-state index contributed by atoms with van der Waals surface area (Å²) in [6.45, 7) is 3.95. The molecule has 20 heavy (non-hydrogen) atoms. The average molecular weight is 285 g/mol. The van der Waals surface area contributed by atoms with Crippen molar-refractivity contribution in [2.75, 3.05) is 6.54 Å². The van der Waals surface area contributed by atoms with E-state index in [-0.39, 0.29) is 5.56 Å². The molecule has 110 valence electrons. The molecule has 1 aromatic carbocycles. The van der Waals surface area contributed by atoms with Gasteiger partial charge in [-0.05, 0) is 19.0 Å². The molecule has 1 atom stereocenters. The maximum Gasteiger partial charge on any atom is 0.408 e. The highest BCUT2D eigenvalue weighted by atomic mass is 19.4. The molecule has 1 aromatic heterocycles. The van der Waals surface area contributed by atoms with Crippen LogP contribution in [0.2, 0.25) is 0 Å². The Bertz CT molecular complexity index is 574. The number of furan rings is 1. The summed E-state index contributed by atoms with van der Waals surface area (Å²) < 4.78 is 45.6. The van der Waals surface area contributed by atoms with Crippen LogP contribution in [0, 0.1) is 0 Å². The van der Waals surface area contributed by atoms with Gasteiger partial charge in [-0.15, -0.1) is 0 Å². The second kappa shape index (κ2) is 5.87. The van der Waals surface area contributed by atoms with Gasteiger partial charge >= 0.3 is 6.18 Å². The lowest BCUT2D eigenvalue weighted by molar-refractivity contribution is -0.157. The SMILES string of the molecule is CCCNC(c1c(CC)oc2ccccc12)C(F)(F)F. The number of hydrogen-bond acceptors (Lipinski definition) is 2. The van der Waals surface area contributed by atoms with Crippen molar-refractivity contribution in [2.24, 2.45) is 0 Å². The Morgan fingerprint density at radius 2 is 1.90 bits per heavy atom. The zero-order valence-corrected chi connectivity index (χ0v) is 11.6. The van der Waals surface area contributed by atoms with E-state index in [4.69, 9.17) is 4.42 Å². The lowest BCUT2D eigenvalue weighted by Crippen LogP contribution is -2.35. The fourth-order valence-electron chi connectivity index (χ4n) is 2.37. The summed E-state index contributed by atoms with van der Waals surface area (Å²) in [6.07, 6.45) is -3.26. The van der Waals surface area contributed by atoms with Crippen molar-refractivity contribution in [2.45, 2.75) is 38.9 Å². The molecular formula is C15H18F3NO. The van der Waals surface area contributed by atoms with Crippen LogP contribution >= 0.6 is 0 Å². The van der Waals surface area contributed by atoms with Gasteiger partial charge in [-0.3, -0.25) is 0 Å². The number of halogens is 3. The van der Waals surface area contributed by atoms with Gasteiger partial charge in [0.25, 0.3) is 0 Å². The second-order valence-corrected chi connectivity index (χ2v) is 4.72. The van der Waals surface area contributed by atoms with Gasteiger partial charge in [-0.25, -0.2) is 0 Å². The third-order valence-corrected chi connectivity index (χ3v) is 3.25. The van der Waals surface area contributed by atoms with Gasteiger partial charge in [0.05, 0.1) is 0 Å². The molecule has 0 fully saturated rings. The van der Waals surface area contributed by atoms with Crippen molar-refractivity contribution in [3.8, 4) is 0 Å². The van der Waals surface area contributed by atoms with Crippen LogP contribution in [0.1, 0.15) is 37.6 Å². The Kier molecular flexibility index (Phi) is 4.38.